The normalized spacial score (nSPS) is 18.2. The predicted octanol–water partition coefficient (Wildman–Crippen LogP) is 1.59. The van der Waals surface area contributed by atoms with Gasteiger partial charge in [-0.05, 0) is 13.8 Å². The van der Waals surface area contributed by atoms with Gasteiger partial charge in [0.2, 0.25) is 0 Å². The second-order valence-electron chi connectivity index (χ2n) is 4.36. The second kappa shape index (κ2) is 6.87. The SMILES string of the molecule is C/C=C\C(CC(C)OC(=O)CC)N1C(=O)C=CC1=O. The summed E-state index contributed by atoms with van der Waals surface area (Å²) in [4.78, 5) is 35.7. The number of hydrogen-bond donors (Lipinski definition) is 0. The van der Waals surface area contributed by atoms with Crippen molar-refractivity contribution in [2.24, 2.45) is 0 Å². The van der Waals surface area contributed by atoms with Crippen LogP contribution in [0.2, 0.25) is 0 Å². The monoisotopic (exact) mass is 265 g/mol. The smallest absolute Gasteiger partial charge is 0.305 e. The molecule has 2 atom stereocenters. The molecule has 0 aliphatic carbocycles. The molecule has 0 fully saturated rings. The second-order valence-corrected chi connectivity index (χ2v) is 4.36. The van der Waals surface area contributed by atoms with E-state index in [-0.39, 0.29) is 29.9 Å². The number of carbonyl (C=O) groups excluding carboxylic acids is 3. The molecule has 0 saturated heterocycles. The average Bonchev–Trinajstić information content (AvgIpc) is 2.68. The van der Waals surface area contributed by atoms with Crippen molar-refractivity contribution in [3.05, 3.63) is 24.3 Å². The summed E-state index contributed by atoms with van der Waals surface area (Å²) in [7, 11) is 0. The molecular weight excluding hydrogens is 246 g/mol. The van der Waals surface area contributed by atoms with Gasteiger partial charge >= 0.3 is 5.97 Å². The van der Waals surface area contributed by atoms with Gasteiger partial charge in [-0.1, -0.05) is 19.1 Å². The molecule has 5 heteroatoms. The van der Waals surface area contributed by atoms with E-state index in [1.54, 1.807) is 26.0 Å². The lowest BCUT2D eigenvalue weighted by Crippen LogP contribution is -2.41. The van der Waals surface area contributed by atoms with Crippen LogP contribution in [-0.4, -0.2) is 34.8 Å². The van der Waals surface area contributed by atoms with E-state index < -0.39 is 0 Å². The first-order chi connectivity index (χ1) is 8.99. The van der Waals surface area contributed by atoms with E-state index in [9.17, 15) is 14.4 Å². The lowest BCUT2D eigenvalue weighted by Gasteiger charge is -2.26. The van der Waals surface area contributed by atoms with E-state index in [2.05, 4.69) is 0 Å². The highest BCUT2D eigenvalue weighted by Crippen LogP contribution is 2.16. The van der Waals surface area contributed by atoms with Crippen LogP contribution in [0.4, 0.5) is 0 Å². The number of amides is 2. The van der Waals surface area contributed by atoms with Crippen LogP contribution in [-0.2, 0) is 19.1 Å². The maximum Gasteiger partial charge on any atom is 0.305 e. The van der Waals surface area contributed by atoms with Crippen molar-refractivity contribution in [1.82, 2.24) is 4.90 Å². The van der Waals surface area contributed by atoms with Gasteiger partial charge in [-0.3, -0.25) is 19.3 Å². The van der Waals surface area contributed by atoms with E-state index in [4.69, 9.17) is 4.74 Å². The first-order valence-corrected chi connectivity index (χ1v) is 6.37. The Morgan fingerprint density at radius 3 is 2.42 bits per heavy atom. The molecule has 1 rings (SSSR count). The molecule has 0 spiro atoms. The zero-order chi connectivity index (χ0) is 14.4. The third kappa shape index (κ3) is 4.05. The Labute approximate surface area is 112 Å². The van der Waals surface area contributed by atoms with Gasteiger partial charge in [0, 0.05) is 25.0 Å². The molecule has 0 aromatic carbocycles. The Hall–Kier alpha value is -1.91. The Kier molecular flexibility index (Phi) is 5.48. The summed E-state index contributed by atoms with van der Waals surface area (Å²) >= 11 is 0. The standard InChI is InChI=1S/C14H19NO4/c1-4-6-11(9-10(3)19-14(18)5-2)15-12(16)7-8-13(15)17/h4,6-8,10-11H,5,9H2,1-3H3/b6-4-. The topological polar surface area (TPSA) is 63.7 Å². The van der Waals surface area contributed by atoms with Crippen LogP contribution in [0, 0.1) is 0 Å². The van der Waals surface area contributed by atoms with Gasteiger partial charge in [-0.2, -0.15) is 0 Å². The van der Waals surface area contributed by atoms with Crippen LogP contribution in [0.1, 0.15) is 33.6 Å². The quantitative estimate of drug-likeness (QED) is 0.415. The molecule has 5 nitrogen and oxygen atoms in total. The van der Waals surface area contributed by atoms with Gasteiger partial charge in [0.25, 0.3) is 11.8 Å². The minimum Gasteiger partial charge on any atom is -0.463 e. The summed E-state index contributed by atoms with van der Waals surface area (Å²) in [5, 5.41) is 0. The van der Waals surface area contributed by atoms with Crippen LogP contribution in [0.3, 0.4) is 0 Å². The first-order valence-electron chi connectivity index (χ1n) is 6.37. The Bertz CT molecular complexity index is 407. The highest BCUT2D eigenvalue weighted by atomic mass is 16.5. The molecule has 1 aliphatic rings. The van der Waals surface area contributed by atoms with Gasteiger partial charge in [0.1, 0.15) is 6.10 Å². The minimum atomic E-state index is -0.389. The van der Waals surface area contributed by atoms with Gasteiger partial charge in [-0.25, -0.2) is 0 Å². The number of ether oxygens (including phenoxy) is 1. The Morgan fingerprint density at radius 2 is 1.95 bits per heavy atom. The molecule has 19 heavy (non-hydrogen) atoms. The molecule has 0 saturated carbocycles. The maximum atomic E-state index is 11.6. The van der Waals surface area contributed by atoms with Crippen molar-refractivity contribution in [3.63, 3.8) is 0 Å². The molecule has 0 N–H and O–H groups in total. The summed E-state index contributed by atoms with van der Waals surface area (Å²) in [6.45, 7) is 5.28. The molecule has 0 radical (unpaired) electrons. The molecule has 0 aromatic heterocycles. The number of nitrogens with zero attached hydrogens (tertiary/aromatic N) is 1. The number of imide groups is 1. The van der Waals surface area contributed by atoms with E-state index in [1.807, 2.05) is 6.92 Å². The Morgan fingerprint density at radius 1 is 1.37 bits per heavy atom. The molecule has 104 valence electrons. The van der Waals surface area contributed by atoms with E-state index >= 15 is 0 Å². The van der Waals surface area contributed by atoms with Crippen molar-refractivity contribution in [1.29, 1.82) is 0 Å². The lowest BCUT2D eigenvalue weighted by molar-refractivity contribution is -0.148. The van der Waals surface area contributed by atoms with Gasteiger partial charge in [-0.15, -0.1) is 0 Å². The van der Waals surface area contributed by atoms with Crippen molar-refractivity contribution >= 4 is 17.8 Å². The number of rotatable bonds is 6. The molecular formula is C14H19NO4. The molecule has 0 bridgehead atoms. The van der Waals surface area contributed by atoms with Crippen LogP contribution < -0.4 is 0 Å². The fraction of sp³-hybridized carbons (Fsp3) is 0.500. The number of allylic oxidation sites excluding steroid dienone is 1. The van der Waals surface area contributed by atoms with Crippen LogP contribution in [0.15, 0.2) is 24.3 Å². The number of hydrogen-bond acceptors (Lipinski definition) is 4. The average molecular weight is 265 g/mol. The summed E-state index contributed by atoms with van der Waals surface area (Å²) in [6, 6.07) is -0.389. The molecule has 2 amide bonds. The first kappa shape index (κ1) is 15.1. The largest absolute Gasteiger partial charge is 0.463 e. The van der Waals surface area contributed by atoms with Crippen molar-refractivity contribution in [2.75, 3.05) is 0 Å². The van der Waals surface area contributed by atoms with Crippen LogP contribution in [0.25, 0.3) is 0 Å². The van der Waals surface area contributed by atoms with E-state index in [0.717, 1.165) is 0 Å². The minimum absolute atomic E-state index is 0.288. The van der Waals surface area contributed by atoms with Gasteiger partial charge < -0.3 is 4.74 Å². The van der Waals surface area contributed by atoms with Gasteiger partial charge in [0.15, 0.2) is 0 Å². The van der Waals surface area contributed by atoms with E-state index in [0.29, 0.717) is 12.8 Å². The fourth-order valence-electron chi connectivity index (χ4n) is 1.93. The molecule has 1 aliphatic heterocycles. The fourth-order valence-corrected chi connectivity index (χ4v) is 1.93. The summed E-state index contributed by atoms with van der Waals surface area (Å²) in [6.07, 6.45) is 6.40. The van der Waals surface area contributed by atoms with Gasteiger partial charge in [0.05, 0.1) is 6.04 Å². The third-order valence-corrected chi connectivity index (χ3v) is 2.78. The van der Waals surface area contributed by atoms with E-state index in [1.165, 1.54) is 17.1 Å². The maximum absolute atomic E-state index is 11.6. The van der Waals surface area contributed by atoms with Crippen molar-refractivity contribution in [3.8, 4) is 0 Å². The van der Waals surface area contributed by atoms with Crippen molar-refractivity contribution in [2.45, 2.75) is 45.8 Å². The summed E-state index contributed by atoms with van der Waals surface area (Å²) in [5.74, 6) is -0.951. The van der Waals surface area contributed by atoms with Crippen LogP contribution >= 0.6 is 0 Å². The third-order valence-electron chi connectivity index (χ3n) is 2.78. The number of esters is 1. The zero-order valence-corrected chi connectivity index (χ0v) is 11.5. The summed E-state index contributed by atoms with van der Waals surface area (Å²) in [5.41, 5.74) is 0. The predicted molar refractivity (Wildman–Crippen MR) is 70.1 cm³/mol. The highest BCUT2D eigenvalue weighted by Gasteiger charge is 2.31. The van der Waals surface area contributed by atoms with Crippen LogP contribution in [0.5, 0.6) is 0 Å². The highest BCUT2D eigenvalue weighted by molar-refractivity contribution is 6.13. The molecule has 2 unspecified atom stereocenters. The lowest BCUT2D eigenvalue weighted by atomic mass is 10.1. The van der Waals surface area contributed by atoms with Crippen molar-refractivity contribution < 1.29 is 19.1 Å². The molecule has 0 aromatic rings. The summed E-state index contributed by atoms with van der Waals surface area (Å²) < 4.78 is 5.16. The molecule has 1 heterocycles. The Balaban J connectivity index is 2.71. The zero-order valence-electron chi connectivity index (χ0n) is 11.5. The number of carbonyl (C=O) groups is 3.